The van der Waals surface area contributed by atoms with E-state index in [9.17, 15) is 4.79 Å². The summed E-state index contributed by atoms with van der Waals surface area (Å²) in [7, 11) is 1.42. The van der Waals surface area contributed by atoms with Crippen molar-refractivity contribution >= 4 is 5.97 Å². The number of aryl methyl sites for hydroxylation is 1. The number of nitrogens with zero attached hydrogens (tertiary/aromatic N) is 1. The Hall–Kier alpha value is -1.32. The highest BCUT2D eigenvalue weighted by Gasteiger charge is 2.27. The van der Waals surface area contributed by atoms with Gasteiger partial charge in [0.1, 0.15) is 0 Å². The lowest BCUT2D eigenvalue weighted by molar-refractivity contribution is -0.140. The van der Waals surface area contributed by atoms with Crippen molar-refractivity contribution in [3.8, 4) is 0 Å². The number of carbonyl (C=O) groups is 1. The zero-order chi connectivity index (χ0) is 9.97. The molecule has 1 aliphatic carbocycles. The Balaban J connectivity index is 1.94. The fourth-order valence-electron chi connectivity index (χ4n) is 1.58. The lowest BCUT2D eigenvalue weighted by Crippen LogP contribution is -2.02. The lowest BCUT2D eigenvalue weighted by atomic mass is 10.1. The molecule has 14 heavy (non-hydrogen) atoms. The average molecular weight is 194 g/mol. The molecule has 0 amide bonds. The van der Waals surface area contributed by atoms with Gasteiger partial charge in [-0.05, 0) is 24.8 Å². The van der Waals surface area contributed by atoms with E-state index < -0.39 is 0 Å². The van der Waals surface area contributed by atoms with Gasteiger partial charge in [-0.2, -0.15) is 5.10 Å². The molecule has 1 aromatic rings. The Bertz CT molecular complexity index is 329. The summed E-state index contributed by atoms with van der Waals surface area (Å²) in [6.45, 7) is 0. The molecule has 0 aliphatic heterocycles. The molecule has 0 atom stereocenters. The van der Waals surface area contributed by atoms with Crippen molar-refractivity contribution in [1.29, 1.82) is 0 Å². The van der Waals surface area contributed by atoms with Crippen LogP contribution in [-0.2, 0) is 16.0 Å². The van der Waals surface area contributed by atoms with Gasteiger partial charge in [-0.15, -0.1) is 0 Å². The van der Waals surface area contributed by atoms with E-state index in [1.54, 1.807) is 0 Å². The molecule has 76 valence electrons. The SMILES string of the molecule is COC(=O)CCc1cn[nH]c1C1CC1. The van der Waals surface area contributed by atoms with Gasteiger partial charge in [0.05, 0.1) is 13.3 Å². The van der Waals surface area contributed by atoms with E-state index in [1.165, 1.54) is 25.6 Å². The molecule has 4 heteroatoms. The average Bonchev–Trinajstić information content (AvgIpc) is 2.94. The van der Waals surface area contributed by atoms with Gasteiger partial charge in [0.15, 0.2) is 0 Å². The number of nitrogens with one attached hydrogen (secondary N) is 1. The molecule has 1 saturated carbocycles. The number of ether oxygens (including phenoxy) is 1. The van der Waals surface area contributed by atoms with Gasteiger partial charge in [-0.25, -0.2) is 0 Å². The summed E-state index contributed by atoms with van der Waals surface area (Å²) in [5, 5.41) is 7.02. The van der Waals surface area contributed by atoms with Crippen LogP contribution in [0.4, 0.5) is 0 Å². The van der Waals surface area contributed by atoms with Crippen LogP contribution in [0.2, 0.25) is 0 Å². The van der Waals surface area contributed by atoms with Gasteiger partial charge in [0.2, 0.25) is 0 Å². The van der Waals surface area contributed by atoms with Crippen molar-refractivity contribution in [2.24, 2.45) is 0 Å². The summed E-state index contributed by atoms with van der Waals surface area (Å²) >= 11 is 0. The minimum Gasteiger partial charge on any atom is -0.469 e. The van der Waals surface area contributed by atoms with E-state index in [2.05, 4.69) is 14.9 Å². The van der Waals surface area contributed by atoms with Crippen molar-refractivity contribution in [2.75, 3.05) is 7.11 Å². The summed E-state index contributed by atoms with van der Waals surface area (Å²) in [5.41, 5.74) is 2.38. The summed E-state index contributed by atoms with van der Waals surface area (Å²) in [5.74, 6) is 0.498. The third-order valence-corrected chi connectivity index (χ3v) is 2.56. The topological polar surface area (TPSA) is 55.0 Å². The first kappa shape index (κ1) is 9.24. The molecule has 1 aliphatic rings. The maximum absolute atomic E-state index is 11.0. The molecule has 1 heterocycles. The van der Waals surface area contributed by atoms with E-state index >= 15 is 0 Å². The summed E-state index contributed by atoms with van der Waals surface area (Å²) in [6.07, 6.45) is 5.47. The normalized spacial score (nSPS) is 15.5. The molecular weight excluding hydrogens is 180 g/mol. The fourth-order valence-corrected chi connectivity index (χ4v) is 1.58. The maximum Gasteiger partial charge on any atom is 0.305 e. The van der Waals surface area contributed by atoms with Crippen molar-refractivity contribution in [1.82, 2.24) is 10.2 Å². The standard InChI is InChI=1S/C10H14N2O2/c1-14-9(13)5-4-8-6-11-12-10(8)7-2-3-7/h6-7H,2-5H2,1H3,(H,11,12). The number of hydrogen-bond acceptors (Lipinski definition) is 3. The molecule has 0 saturated heterocycles. The van der Waals surface area contributed by atoms with Gasteiger partial charge < -0.3 is 4.74 Å². The number of rotatable bonds is 4. The van der Waals surface area contributed by atoms with Crippen molar-refractivity contribution < 1.29 is 9.53 Å². The second kappa shape index (κ2) is 3.82. The van der Waals surface area contributed by atoms with Crippen LogP contribution in [-0.4, -0.2) is 23.3 Å². The van der Waals surface area contributed by atoms with Gasteiger partial charge in [0.25, 0.3) is 0 Å². The fraction of sp³-hybridized carbons (Fsp3) is 0.600. The molecule has 1 aromatic heterocycles. The zero-order valence-electron chi connectivity index (χ0n) is 8.25. The summed E-state index contributed by atoms with van der Waals surface area (Å²) in [6, 6.07) is 0. The van der Waals surface area contributed by atoms with Gasteiger partial charge in [0, 0.05) is 18.0 Å². The molecule has 4 nitrogen and oxygen atoms in total. The predicted molar refractivity (Wildman–Crippen MR) is 50.9 cm³/mol. The molecule has 0 radical (unpaired) electrons. The predicted octanol–water partition coefficient (Wildman–Crippen LogP) is 1.39. The molecular formula is C10H14N2O2. The zero-order valence-corrected chi connectivity index (χ0v) is 8.25. The molecule has 0 unspecified atom stereocenters. The van der Waals surface area contributed by atoms with Crippen LogP contribution in [0, 0.1) is 0 Å². The number of methoxy groups -OCH3 is 1. The number of carbonyl (C=O) groups excluding carboxylic acids is 1. The van der Waals surface area contributed by atoms with Crippen LogP contribution in [0.5, 0.6) is 0 Å². The maximum atomic E-state index is 11.0. The molecule has 0 spiro atoms. The summed E-state index contributed by atoms with van der Waals surface area (Å²) in [4.78, 5) is 11.0. The number of hydrogen-bond donors (Lipinski definition) is 1. The van der Waals surface area contributed by atoms with Crippen LogP contribution in [0.25, 0.3) is 0 Å². The third-order valence-electron chi connectivity index (χ3n) is 2.56. The third kappa shape index (κ3) is 1.95. The van der Waals surface area contributed by atoms with Crippen molar-refractivity contribution in [3.05, 3.63) is 17.5 Å². The first-order valence-electron chi connectivity index (χ1n) is 4.90. The van der Waals surface area contributed by atoms with Gasteiger partial charge in [-0.3, -0.25) is 9.89 Å². The van der Waals surface area contributed by atoms with Crippen molar-refractivity contribution in [3.63, 3.8) is 0 Å². The van der Waals surface area contributed by atoms with E-state index in [0.29, 0.717) is 12.3 Å². The molecule has 2 rings (SSSR count). The Morgan fingerprint density at radius 3 is 3.14 bits per heavy atom. The number of aromatic nitrogens is 2. The van der Waals surface area contributed by atoms with Crippen LogP contribution in [0.1, 0.15) is 36.4 Å². The van der Waals surface area contributed by atoms with E-state index in [-0.39, 0.29) is 5.97 Å². The quantitative estimate of drug-likeness (QED) is 0.737. The highest BCUT2D eigenvalue weighted by molar-refractivity contribution is 5.69. The Kier molecular flexibility index (Phi) is 2.52. The molecule has 1 fully saturated rings. The summed E-state index contributed by atoms with van der Waals surface area (Å²) < 4.78 is 4.59. The highest BCUT2D eigenvalue weighted by Crippen LogP contribution is 2.40. The van der Waals surface area contributed by atoms with Crippen LogP contribution >= 0.6 is 0 Å². The number of H-pyrrole nitrogens is 1. The van der Waals surface area contributed by atoms with E-state index in [4.69, 9.17) is 0 Å². The number of aromatic amines is 1. The minimum absolute atomic E-state index is 0.159. The van der Waals surface area contributed by atoms with E-state index in [0.717, 1.165) is 12.0 Å². The largest absolute Gasteiger partial charge is 0.469 e. The second-order valence-corrected chi connectivity index (χ2v) is 3.66. The first-order chi connectivity index (χ1) is 6.81. The monoisotopic (exact) mass is 194 g/mol. The minimum atomic E-state index is -0.159. The highest BCUT2D eigenvalue weighted by atomic mass is 16.5. The van der Waals surface area contributed by atoms with Gasteiger partial charge >= 0.3 is 5.97 Å². The molecule has 0 aromatic carbocycles. The van der Waals surface area contributed by atoms with Crippen LogP contribution in [0.15, 0.2) is 6.20 Å². The van der Waals surface area contributed by atoms with Crippen molar-refractivity contribution in [2.45, 2.75) is 31.6 Å². The Labute approximate surface area is 82.7 Å². The lowest BCUT2D eigenvalue weighted by Gasteiger charge is -2.00. The molecule has 1 N–H and O–H groups in total. The first-order valence-corrected chi connectivity index (χ1v) is 4.90. The molecule has 0 bridgehead atoms. The number of esters is 1. The van der Waals surface area contributed by atoms with E-state index in [1.807, 2.05) is 6.20 Å². The second-order valence-electron chi connectivity index (χ2n) is 3.66. The van der Waals surface area contributed by atoms with Crippen LogP contribution < -0.4 is 0 Å². The Morgan fingerprint density at radius 1 is 1.71 bits per heavy atom. The smallest absolute Gasteiger partial charge is 0.305 e. The van der Waals surface area contributed by atoms with Gasteiger partial charge in [-0.1, -0.05) is 0 Å². The van der Waals surface area contributed by atoms with Crippen LogP contribution in [0.3, 0.4) is 0 Å². The Morgan fingerprint density at radius 2 is 2.50 bits per heavy atom.